The molecule has 1 atom stereocenters. The van der Waals surface area contributed by atoms with Crippen LogP contribution in [-0.2, 0) is 17.6 Å². The molecule has 4 rings (SSSR count). The maximum absolute atomic E-state index is 14.2. The van der Waals surface area contributed by atoms with E-state index in [1.165, 1.54) is 0 Å². The third-order valence-electron chi connectivity index (χ3n) is 7.53. The van der Waals surface area contributed by atoms with Gasteiger partial charge >= 0.3 is 0 Å². The smallest absolute Gasteiger partial charge is 0.266 e. The van der Waals surface area contributed by atoms with Gasteiger partial charge in [0, 0.05) is 18.1 Å². The van der Waals surface area contributed by atoms with Crippen molar-refractivity contribution in [2.75, 3.05) is 40.3 Å². The van der Waals surface area contributed by atoms with E-state index in [0.29, 0.717) is 72.3 Å². The summed E-state index contributed by atoms with van der Waals surface area (Å²) in [7, 11) is 3.95. The Morgan fingerprint density at radius 2 is 1.79 bits per heavy atom. The highest BCUT2D eigenvalue weighted by Gasteiger charge is 2.30. The molecule has 4 aromatic rings. The number of fused-ring (bicyclic) bond motifs is 1. The molecule has 0 aliphatic heterocycles. The van der Waals surface area contributed by atoms with Gasteiger partial charge < -0.3 is 20.3 Å². The molecule has 0 aliphatic carbocycles. The van der Waals surface area contributed by atoms with E-state index in [9.17, 15) is 9.59 Å². The summed E-state index contributed by atoms with van der Waals surface area (Å²) in [6, 6.07) is 20.1. The Kier molecular flexibility index (Phi) is 11.3. The summed E-state index contributed by atoms with van der Waals surface area (Å²) < 4.78 is 7.29. The van der Waals surface area contributed by atoms with Gasteiger partial charge in [0.15, 0.2) is 0 Å². The standard InChI is InChI=1S/C34H42ClN5O3/c1-5-25-14-13-24(22-29(25)35)23-32(41)39(21-20-38(3)4)31(12-9-19-36)33-37-30-11-8-7-10-28(30)34(42)40(33)26-15-17-27(18-16-26)43-6-2/h7-8,10-11,13-18,22,31H,5-6,9,12,19-21,23,36H2,1-4H3. The van der Waals surface area contributed by atoms with Crippen LogP contribution < -0.4 is 16.0 Å². The van der Waals surface area contributed by atoms with Crippen LogP contribution in [0.4, 0.5) is 0 Å². The molecule has 1 heterocycles. The Labute approximate surface area is 259 Å². The Morgan fingerprint density at radius 3 is 2.44 bits per heavy atom. The SMILES string of the molecule is CCOc1ccc(-n2c(C(CCCN)N(CCN(C)C)C(=O)Cc3ccc(CC)c(Cl)c3)nc3ccccc3c2=O)cc1. The Hall–Kier alpha value is -3.72. The Morgan fingerprint density at radius 1 is 1.05 bits per heavy atom. The number of aromatic nitrogens is 2. The molecule has 43 heavy (non-hydrogen) atoms. The molecule has 1 unspecified atom stereocenters. The highest BCUT2D eigenvalue weighted by molar-refractivity contribution is 6.31. The van der Waals surface area contributed by atoms with Crippen molar-refractivity contribution in [2.45, 2.75) is 45.6 Å². The lowest BCUT2D eigenvalue weighted by atomic mass is 10.0. The van der Waals surface area contributed by atoms with Crippen molar-refractivity contribution in [3.8, 4) is 11.4 Å². The van der Waals surface area contributed by atoms with Gasteiger partial charge in [-0.05, 0) is 100 Å². The van der Waals surface area contributed by atoms with Crippen molar-refractivity contribution in [2.24, 2.45) is 5.73 Å². The maximum atomic E-state index is 14.2. The molecule has 3 aromatic carbocycles. The highest BCUT2D eigenvalue weighted by atomic mass is 35.5. The van der Waals surface area contributed by atoms with Gasteiger partial charge in [0.05, 0.1) is 35.7 Å². The normalized spacial score (nSPS) is 12.1. The van der Waals surface area contributed by atoms with Crippen molar-refractivity contribution in [1.29, 1.82) is 0 Å². The van der Waals surface area contributed by atoms with Gasteiger partial charge in [0.1, 0.15) is 11.6 Å². The van der Waals surface area contributed by atoms with Gasteiger partial charge in [0.25, 0.3) is 5.56 Å². The second kappa shape index (κ2) is 15.1. The number of rotatable bonds is 14. The molecular weight excluding hydrogens is 562 g/mol. The number of halogens is 1. The molecule has 0 fully saturated rings. The predicted molar refractivity (Wildman–Crippen MR) is 174 cm³/mol. The average molecular weight is 604 g/mol. The van der Waals surface area contributed by atoms with Crippen molar-refractivity contribution in [3.05, 3.63) is 99.1 Å². The number of benzene rings is 3. The third kappa shape index (κ3) is 7.82. The Bertz CT molecular complexity index is 1590. The van der Waals surface area contributed by atoms with E-state index in [0.717, 1.165) is 17.5 Å². The molecule has 1 aromatic heterocycles. The first-order valence-electron chi connectivity index (χ1n) is 14.9. The number of nitrogens with two attached hydrogens (primary N) is 1. The van der Waals surface area contributed by atoms with Gasteiger partial charge in [-0.3, -0.25) is 14.2 Å². The lowest BCUT2D eigenvalue weighted by molar-refractivity contribution is -0.133. The minimum Gasteiger partial charge on any atom is -0.494 e. The number of amides is 1. The lowest BCUT2D eigenvalue weighted by Crippen LogP contribution is -2.42. The van der Waals surface area contributed by atoms with E-state index in [2.05, 4.69) is 6.92 Å². The summed E-state index contributed by atoms with van der Waals surface area (Å²) >= 11 is 6.51. The van der Waals surface area contributed by atoms with Gasteiger partial charge in [-0.2, -0.15) is 0 Å². The molecule has 0 bridgehead atoms. The summed E-state index contributed by atoms with van der Waals surface area (Å²) in [5.74, 6) is 1.16. The monoisotopic (exact) mass is 603 g/mol. The topological polar surface area (TPSA) is 93.7 Å². The molecule has 8 nitrogen and oxygen atoms in total. The first-order valence-corrected chi connectivity index (χ1v) is 15.3. The fraction of sp³-hybridized carbons (Fsp3) is 0.382. The number of ether oxygens (including phenoxy) is 1. The summed E-state index contributed by atoms with van der Waals surface area (Å²) in [6.07, 6.45) is 2.20. The number of likely N-dealkylation sites (N-methyl/N-ethyl adjacent to an activating group) is 1. The van der Waals surface area contributed by atoms with Gasteiger partial charge in [-0.15, -0.1) is 0 Å². The van der Waals surface area contributed by atoms with E-state index in [1.54, 1.807) is 10.6 Å². The van der Waals surface area contributed by atoms with Crippen molar-refractivity contribution < 1.29 is 9.53 Å². The minimum absolute atomic E-state index is 0.0650. The summed E-state index contributed by atoms with van der Waals surface area (Å²) in [5, 5.41) is 1.17. The first kappa shape index (κ1) is 32.2. The number of carbonyl (C=O) groups is 1. The number of carbonyl (C=O) groups excluding carboxylic acids is 1. The van der Waals surface area contributed by atoms with Crippen LogP contribution in [0.5, 0.6) is 5.75 Å². The third-order valence-corrected chi connectivity index (χ3v) is 7.88. The molecule has 0 saturated heterocycles. The molecular formula is C34H42ClN5O3. The van der Waals surface area contributed by atoms with Crippen LogP contribution in [0, 0.1) is 0 Å². The number of nitrogens with zero attached hydrogens (tertiary/aromatic N) is 4. The number of aryl methyl sites for hydroxylation is 1. The van der Waals surface area contributed by atoms with E-state index in [1.807, 2.05) is 91.5 Å². The van der Waals surface area contributed by atoms with Crippen molar-refractivity contribution in [3.63, 3.8) is 0 Å². The summed E-state index contributed by atoms with van der Waals surface area (Å²) in [4.78, 5) is 37.3. The number of hydrogen-bond donors (Lipinski definition) is 1. The predicted octanol–water partition coefficient (Wildman–Crippen LogP) is 5.41. The summed E-state index contributed by atoms with van der Waals surface area (Å²) in [5.41, 5.74) is 8.94. The van der Waals surface area contributed by atoms with Crippen LogP contribution in [0.25, 0.3) is 16.6 Å². The van der Waals surface area contributed by atoms with Crippen molar-refractivity contribution >= 4 is 28.4 Å². The Balaban J connectivity index is 1.87. The van der Waals surface area contributed by atoms with E-state index >= 15 is 0 Å². The average Bonchev–Trinajstić information content (AvgIpc) is 2.99. The van der Waals surface area contributed by atoms with Crippen LogP contribution >= 0.6 is 11.6 Å². The molecule has 2 N–H and O–H groups in total. The largest absolute Gasteiger partial charge is 0.494 e. The van der Waals surface area contributed by atoms with Crippen LogP contribution in [0.2, 0.25) is 5.02 Å². The van der Waals surface area contributed by atoms with E-state index < -0.39 is 6.04 Å². The van der Waals surface area contributed by atoms with E-state index in [4.69, 9.17) is 27.1 Å². The van der Waals surface area contributed by atoms with Crippen LogP contribution in [0.1, 0.15) is 49.7 Å². The number of para-hydroxylation sites is 1. The van der Waals surface area contributed by atoms with Gasteiger partial charge in [-0.1, -0.05) is 42.8 Å². The molecule has 9 heteroatoms. The van der Waals surface area contributed by atoms with E-state index in [-0.39, 0.29) is 17.9 Å². The maximum Gasteiger partial charge on any atom is 0.266 e. The van der Waals surface area contributed by atoms with Crippen LogP contribution in [0.3, 0.4) is 0 Å². The summed E-state index contributed by atoms with van der Waals surface area (Å²) in [6.45, 7) is 6.06. The second-order valence-electron chi connectivity index (χ2n) is 10.8. The fourth-order valence-corrected chi connectivity index (χ4v) is 5.58. The molecule has 228 valence electrons. The zero-order chi connectivity index (χ0) is 30.9. The van der Waals surface area contributed by atoms with Crippen molar-refractivity contribution in [1.82, 2.24) is 19.4 Å². The lowest BCUT2D eigenvalue weighted by Gasteiger charge is -2.34. The highest BCUT2D eigenvalue weighted by Crippen LogP contribution is 2.29. The van der Waals surface area contributed by atoms with Crippen LogP contribution in [-0.4, -0.2) is 65.6 Å². The molecule has 0 saturated carbocycles. The van der Waals surface area contributed by atoms with Gasteiger partial charge in [0.2, 0.25) is 5.91 Å². The molecule has 1 amide bonds. The quantitative estimate of drug-likeness (QED) is 0.207. The van der Waals surface area contributed by atoms with Gasteiger partial charge in [-0.25, -0.2) is 4.98 Å². The zero-order valence-electron chi connectivity index (χ0n) is 25.6. The van der Waals surface area contributed by atoms with Crippen LogP contribution in [0.15, 0.2) is 71.5 Å². The second-order valence-corrected chi connectivity index (χ2v) is 11.3. The molecule has 0 spiro atoms. The molecule has 0 radical (unpaired) electrons. The number of hydrogen-bond acceptors (Lipinski definition) is 6. The zero-order valence-corrected chi connectivity index (χ0v) is 26.3. The molecule has 0 aliphatic rings. The first-order chi connectivity index (χ1) is 20.8. The fourth-order valence-electron chi connectivity index (χ4n) is 5.24. The minimum atomic E-state index is -0.495.